The van der Waals surface area contributed by atoms with Gasteiger partial charge in [-0.15, -0.1) is 0 Å². The molecule has 6 heteroatoms. The van der Waals surface area contributed by atoms with Gasteiger partial charge in [0.1, 0.15) is 0 Å². The Hall–Kier alpha value is -2.31. The van der Waals surface area contributed by atoms with Gasteiger partial charge in [-0.25, -0.2) is 0 Å². The summed E-state index contributed by atoms with van der Waals surface area (Å²) in [6, 6.07) is 13.5. The standard InChI is InChI=1S/C21H21NO3S2/c1-4-14-6-9-16(10-7-14)22-20(23)19(27-21(22)26)13-15-8-11-17(25-5-2)18(12-15)24-3/h6-13H,4-5H2,1-3H3/b19-13-. The number of methoxy groups -OCH3 is 1. The van der Waals surface area contributed by atoms with Crippen LogP contribution >= 0.6 is 24.0 Å². The molecule has 1 aliphatic heterocycles. The Labute approximate surface area is 169 Å². The minimum Gasteiger partial charge on any atom is -0.493 e. The normalized spacial score (nSPS) is 15.5. The van der Waals surface area contributed by atoms with Crippen LogP contribution in [0.4, 0.5) is 5.69 Å². The highest BCUT2D eigenvalue weighted by Crippen LogP contribution is 2.37. The fraction of sp³-hybridized carbons (Fsp3) is 0.238. The van der Waals surface area contributed by atoms with Crippen molar-refractivity contribution in [3.8, 4) is 11.5 Å². The molecule has 1 aliphatic rings. The van der Waals surface area contributed by atoms with Gasteiger partial charge in [0.05, 0.1) is 24.3 Å². The van der Waals surface area contributed by atoms with Crippen LogP contribution in [0, 0.1) is 0 Å². The molecule has 0 atom stereocenters. The molecule has 2 aromatic carbocycles. The van der Waals surface area contributed by atoms with Crippen LogP contribution in [-0.4, -0.2) is 23.9 Å². The number of benzene rings is 2. The molecule has 0 N–H and O–H groups in total. The number of rotatable bonds is 6. The minimum atomic E-state index is -0.109. The third-order valence-corrected chi connectivity index (χ3v) is 5.48. The maximum Gasteiger partial charge on any atom is 0.270 e. The van der Waals surface area contributed by atoms with Crippen molar-refractivity contribution in [3.63, 3.8) is 0 Å². The first-order chi connectivity index (χ1) is 13.1. The number of carbonyl (C=O) groups is 1. The van der Waals surface area contributed by atoms with Gasteiger partial charge in [0.15, 0.2) is 15.8 Å². The number of thiocarbonyl (C=S) groups is 1. The number of nitrogens with zero attached hydrogens (tertiary/aromatic N) is 1. The van der Waals surface area contributed by atoms with E-state index in [9.17, 15) is 4.79 Å². The van der Waals surface area contributed by atoms with E-state index in [0.29, 0.717) is 27.3 Å². The van der Waals surface area contributed by atoms with Gasteiger partial charge < -0.3 is 9.47 Å². The van der Waals surface area contributed by atoms with Crippen molar-refractivity contribution in [1.82, 2.24) is 0 Å². The second kappa shape index (κ2) is 8.59. The van der Waals surface area contributed by atoms with Crippen molar-refractivity contribution >= 4 is 46.0 Å². The van der Waals surface area contributed by atoms with Gasteiger partial charge in [-0.05, 0) is 54.8 Å². The molecule has 1 fully saturated rings. The van der Waals surface area contributed by atoms with Crippen LogP contribution < -0.4 is 14.4 Å². The molecule has 2 aromatic rings. The lowest BCUT2D eigenvalue weighted by atomic mass is 10.1. The number of hydrogen-bond donors (Lipinski definition) is 0. The van der Waals surface area contributed by atoms with Crippen LogP contribution in [0.15, 0.2) is 47.4 Å². The molecule has 1 heterocycles. The van der Waals surface area contributed by atoms with E-state index >= 15 is 0 Å². The highest BCUT2D eigenvalue weighted by molar-refractivity contribution is 8.27. The summed E-state index contributed by atoms with van der Waals surface area (Å²) in [5.74, 6) is 1.21. The Morgan fingerprint density at radius 2 is 1.85 bits per heavy atom. The first-order valence-electron chi connectivity index (χ1n) is 8.75. The maximum absolute atomic E-state index is 12.9. The van der Waals surface area contributed by atoms with Crippen LogP contribution in [0.3, 0.4) is 0 Å². The number of ether oxygens (including phenoxy) is 2. The molecule has 0 radical (unpaired) electrons. The number of anilines is 1. The van der Waals surface area contributed by atoms with E-state index in [1.54, 1.807) is 12.0 Å². The summed E-state index contributed by atoms with van der Waals surface area (Å²) in [7, 11) is 1.60. The molecular formula is C21H21NO3S2. The van der Waals surface area contributed by atoms with Gasteiger partial charge in [0, 0.05) is 0 Å². The second-order valence-electron chi connectivity index (χ2n) is 5.88. The monoisotopic (exact) mass is 399 g/mol. The van der Waals surface area contributed by atoms with Crippen molar-refractivity contribution in [1.29, 1.82) is 0 Å². The molecule has 1 saturated heterocycles. The summed E-state index contributed by atoms with van der Waals surface area (Å²) >= 11 is 6.75. The predicted octanol–water partition coefficient (Wildman–Crippen LogP) is 5.06. The topological polar surface area (TPSA) is 38.8 Å². The summed E-state index contributed by atoms with van der Waals surface area (Å²) in [6.45, 7) is 4.58. The van der Waals surface area contributed by atoms with E-state index in [4.69, 9.17) is 21.7 Å². The second-order valence-corrected chi connectivity index (χ2v) is 7.56. The van der Waals surface area contributed by atoms with Gasteiger partial charge >= 0.3 is 0 Å². The van der Waals surface area contributed by atoms with Crippen LogP contribution in [0.1, 0.15) is 25.0 Å². The summed E-state index contributed by atoms with van der Waals surface area (Å²) in [5, 5.41) is 0. The smallest absolute Gasteiger partial charge is 0.270 e. The van der Waals surface area contributed by atoms with Gasteiger partial charge in [0.2, 0.25) is 0 Å². The van der Waals surface area contributed by atoms with Gasteiger partial charge in [0.25, 0.3) is 5.91 Å². The lowest BCUT2D eigenvalue weighted by molar-refractivity contribution is -0.113. The van der Waals surface area contributed by atoms with E-state index in [2.05, 4.69) is 6.92 Å². The molecule has 0 spiro atoms. The van der Waals surface area contributed by atoms with Crippen LogP contribution in [-0.2, 0) is 11.2 Å². The summed E-state index contributed by atoms with van der Waals surface area (Å²) in [4.78, 5) is 15.1. The molecule has 27 heavy (non-hydrogen) atoms. The van der Waals surface area contributed by atoms with Crippen LogP contribution in [0.25, 0.3) is 6.08 Å². The van der Waals surface area contributed by atoms with Crippen molar-refractivity contribution in [2.75, 3.05) is 18.6 Å². The first kappa shape index (κ1) is 19.5. The molecule has 4 nitrogen and oxygen atoms in total. The Morgan fingerprint density at radius 1 is 1.11 bits per heavy atom. The van der Waals surface area contributed by atoms with Gasteiger partial charge in [-0.2, -0.15) is 0 Å². The summed E-state index contributed by atoms with van der Waals surface area (Å²) in [5.41, 5.74) is 2.88. The van der Waals surface area contributed by atoms with E-state index in [1.165, 1.54) is 17.3 Å². The molecule has 0 bridgehead atoms. The average Bonchev–Trinajstić information content (AvgIpc) is 2.96. The first-order valence-corrected chi connectivity index (χ1v) is 9.97. The zero-order chi connectivity index (χ0) is 19.4. The van der Waals surface area contributed by atoms with E-state index in [1.807, 2.05) is 55.5 Å². The molecule has 0 aromatic heterocycles. The molecule has 3 rings (SSSR count). The molecule has 1 amide bonds. The minimum absolute atomic E-state index is 0.109. The van der Waals surface area contributed by atoms with Gasteiger partial charge in [-0.1, -0.05) is 49.1 Å². The van der Waals surface area contributed by atoms with Gasteiger partial charge in [-0.3, -0.25) is 9.69 Å². The summed E-state index contributed by atoms with van der Waals surface area (Å²) in [6.07, 6.45) is 2.79. The van der Waals surface area contributed by atoms with Crippen LogP contribution in [0.2, 0.25) is 0 Å². The number of aryl methyl sites for hydroxylation is 1. The van der Waals surface area contributed by atoms with Crippen molar-refractivity contribution in [3.05, 3.63) is 58.5 Å². The Kier molecular flexibility index (Phi) is 6.19. The predicted molar refractivity (Wildman–Crippen MR) is 116 cm³/mol. The number of thioether (sulfide) groups is 1. The zero-order valence-corrected chi connectivity index (χ0v) is 17.2. The Bertz CT molecular complexity index is 891. The molecule has 0 saturated carbocycles. The molecule has 0 unspecified atom stereocenters. The summed E-state index contributed by atoms with van der Waals surface area (Å²) < 4.78 is 11.5. The fourth-order valence-corrected chi connectivity index (χ4v) is 4.07. The average molecular weight is 400 g/mol. The lowest BCUT2D eigenvalue weighted by Crippen LogP contribution is -2.27. The van der Waals surface area contributed by atoms with Crippen molar-refractivity contribution in [2.45, 2.75) is 20.3 Å². The highest BCUT2D eigenvalue weighted by Gasteiger charge is 2.33. The van der Waals surface area contributed by atoms with Crippen molar-refractivity contribution in [2.24, 2.45) is 0 Å². The largest absolute Gasteiger partial charge is 0.493 e. The van der Waals surface area contributed by atoms with Crippen molar-refractivity contribution < 1.29 is 14.3 Å². The third kappa shape index (κ3) is 4.17. The Balaban J connectivity index is 1.87. The number of carbonyl (C=O) groups excluding carboxylic acids is 1. The quantitative estimate of drug-likeness (QED) is 0.501. The van der Waals surface area contributed by atoms with E-state index in [-0.39, 0.29) is 5.91 Å². The number of amides is 1. The van der Waals surface area contributed by atoms with E-state index in [0.717, 1.165) is 17.7 Å². The SMILES string of the molecule is CCOc1ccc(/C=C2\SC(=S)N(c3ccc(CC)cc3)C2=O)cc1OC. The Morgan fingerprint density at radius 3 is 2.48 bits per heavy atom. The molecular weight excluding hydrogens is 378 g/mol. The van der Waals surface area contributed by atoms with E-state index < -0.39 is 0 Å². The fourth-order valence-electron chi connectivity index (χ4n) is 2.77. The third-order valence-electron chi connectivity index (χ3n) is 4.18. The zero-order valence-electron chi connectivity index (χ0n) is 15.5. The highest BCUT2D eigenvalue weighted by atomic mass is 32.2. The molecule has 140 valence electrons. The number of hydrogen-bond acceptors (Lipinski definition) is 5. The maximum atomic E-state index is 12.9. The molecule has 0 aliphatic carbocycles. The lowest BCUT2D eigenvalue weighted by Gasteiger charge is -2.14. The van der Waals surface area contributed by atoms with Crippen LogP contribution in [0.5, 0.6) is 11.5 Å².